The summed E-state index contributed by atoms with van der Waals surface area (Å²) in [6, 6.07) is 5.26. The zero-order chi connectivity index (χ0) is 13.9. The van der Waals surface area contributed by atoms with Gasteiger partial charge in [0, 0.05) is 17.9 Å². The Morgan fingerprint density at radius 3 is 2.50 bits per heavy atom. The van der Waals surface area contributed by atoms with Crippen molar-refractivity contribution in [3.63, 3.8) is 0 Å². The fraction of sp³-hybridized carbons (Fsp3) is 0.500. The summed E-state index contributed by atoms with van der Waals surface area (Å²) in [5.41, 5.74) is 12.8. The molecule has 18 heavy (non-hydrogen) atoms. The summed E-state index contributed by atoms with van der Waals surface area (Å²) in [6.45, 7) is 9.65. The Kier molecular flexibility index (Phi) is 4.22. The van der Waals surface area contributed by atoms with Crippen LogP contribution in [-0.4, -0.2) is 12.5 Å². The third-order valence-electron chi connectivity index (χ3n) is 3.41. The van der Waals surface area contributed by atoms with E-state index in [4.69, 9.17) is 11.5 Å². The molecule has 0 bridgehead atoms. The smallest absolute Gasteiger partial charge is 0.250 e. The lowest BCUT2D eigenvalue weighted by Crippen LogP contribution is -2.25. The molecule has 1 unspecified atom stereocenters. The number of benzene rings is 1. The average Bonchev–Trinajstić information content (AvgIpc) is 2.25. The molecule has 100 valence electrons. The van der Waals surface area contributed by atoms with Crippen LogP contribution in [0.3, 0.4) is 0 Å². The molecule has 4 heteroatoms. The molecule has 0 radical (unpaired) electrons. The number of rotatable bonds is 4. The van der Waals surface area contributed by atoms with Gasteiger partial charge in [-0.05, 0) is 29.5 Å². The highest BCUT2D eigenvalue weighted by Gasteiger charge is 2.19. The molecule has 0 spiro atoms. The fourth-order valence-electron chi connectivity index (χ4n) is 1.46. The van der Waals surface area contributed by atoms with Crippen molar-refractivity contribution < 1.29 is 4.79 Å². The van der Waals surface area contributed by atoms with E-state index in [0.29, 0.717) is 17.2 Å². The molecule has 0 heterocycles. The summed E-state index contributed by atoms with van der Waals surface area (Å²) in [5, 5.41) is 3.31. The Labute approximate surface area is 109 Å². The van der Waals surface area contributed by atoms with Crippen molar-refractivity contribution in [1.82, 2.24) is 0 Å². The van der Waals surface area contributed by atoms with Gasteiger partial charge in [-0.25, -0.2) is 0 Å². The first kappa shape index (κ1) is 14.4. The predicted octanol–water partition coefficient (Wildman–Crippen LogP) is 2.46. The highest BCUT2D eigenvalue weighted by Crippen LogP contribution is 2.26. The van der Waals surface area contributed by atoms with Gasteiger partial charge in [0.15, 0.2) is 0 Å². The van der Waals surface area contributed by atoms with Gasteiger partial charge >= 0.3 is 0 Å². The standard InChI is InChI=1S/C14H23N3O/c1-9(14(2,3)4)8-17-10-5-6-12(15)11(7-10)13(16)18/h5-7,9,17H,8,15H2,1-4H3,(H2,16,18). The van der Waals surface area contributed by atoms with Crippen LogP contribution in [0.4, 0.5) is 11.4 Å². The molecule has 0 aliphatic carbocycles. The monoisotopic (exact) mass is 249 g/mol. The molecule has 5 N–H and O–H groups in total. The summed E-state index contributed by atoms with van der Waals surface area (Å²) in [4.78, 5) is 11.2. The highest BCUT2D eigenvalue weighted by atomic mass is 16.1. The normalized spacial score (nSPS) is 13.1. The molecule has 1 rings (SSSR count). The number of carbonyl (C=O) groups excluding carboxylic acids is 1. The van der Waals surface area contributed by atoms with Crippen molar-refractivity contribution in [2.75, 3.05) is 17.6 Å². The molecule has 0 fully saturated rings. The maximum atomic E-state index is 11.2. The zero-order valence-corrected chi connectivity index (χ0v) is 11.6. The van der Waals surface area contributed by atoms with Crippen molar-refractivity contribution >= 4 is 17.3 Å². The number of hydrogen-bond acceptors (Lipinski definition) is 3. The molecule has 0 saturated carbocycles. The van der Waals surface area contributed by atoms with Crippen LogP contribution >= 0.6 is 0 Å². The highest BCUT2D eigenvalue weighted by molar-refractivity contribution is 5.98. The molecular formula is C14H23N3O. The Morgan fingerprint density at radius 1 is 1.39 bits per heavy atom. The molecule has 1 aromatic rings. The number of primary amides is 1. The van der Waals surface area contributed by atoms with Crippen molar-refractivity contribution in [3.8, 4) is 0 Å². The Hall–Kier alpha value is -1.71. The lowest BCUT2D eigenvalue weighted by atomic mass is 9.82. The number of hydrogen-bond donors (Lipinski definition) is 3. The first-order chi connectivity index (χ1) is 8.21. The first-order valence-corrected chi connectivity index (χ1v) is 6.15. The minimum absolute atomic E-state index is 0.243. The minimum atomic E-state index is -0.500. The van der Waals surface area contributed by atoms with Crippen LogP contribution in [0, 0.1) is 11.3 Å². The molecule has 0 aliphatic rings. The molecule has 1 atom stereocenters. The summed E-state index contributed by atoms with van der Waals surface area (Å²) in [5.74, 6) is 0.00657. The number of amides is 1. The van der Waals surface area contributed by atoms with Crippen LogP contribution in [0.25, 0.3) is 0 Å². The number of anilines is 2. The van der Waals surface area contributed by atoms with Crippen molar-refractivity contribution in [1.29, 1.82) is 0 Å². The summed E-state index contributed by atoms with van der Waals surface area (Å²) >= 11 is 0. The van der Waals surface area contributed by atoms with E-state index < -0.39 is 5.91 Å². The van der Waals surface area contributed by atoms with Crippen molar-refractivity contribution in [3.05, 3.63) is 23.8 Å². The molecule has 0 aliphatic heterocycles. The molecule has 1 amide bonds. The van der Waals surface area contributed by atoms with Gasteiger partial charge in [-0.2, -0.15) is 0 Å². The van der Waals surface area contributed by atoms with E-state index in [2.05, 4.69) is 33.0 Å². The van der Waals surface area contributed by atoms with Crippen LogP contribution in [0.2, 0.25) is 0 Å². The van der Waals surface area contributed by atoms with E-state index in [9.17, 15) is 4.79 Å². The molecule has 1 aromatic carbocycles. The van der Waals surface area contributed by atoms with Crippen LogP contribution in [0.1, 0.15) is 38.1 Å². The van der Waals surface area contributed by atoms with E-state index in [-0.39, 0.29) is 5.41 Å². The maximum Gasteiger partial charge on any atom is 0.250 e. The lowest BCUT2D eigenvalue weighted by Gasteiger charge is -2.27. The van der Waals surface area contributed by atoms with Crippen molar-refractivity contribution in [2.24, 2.45) is 17.1 Å². The van der Waals surface area contributed by atoms with Gasteiger partial charge in [0.25, 0.3) is 5.91 Å². The molecule has 0 saturated heterocycles. The number of nitrogens with two attached hydrogens (primary N) is 2. The SMILES string of the molecule is CC(CNc1ccc(N)c(C(N)=O)c1)C(C)(C)C. The first-order valence-electron chi connectivity index (χ1n) is 6.15. The fourth-order valence-corrected chi connectivity index (χ4v) is 1.46. The molecule has 4 nitrogen and oxygen atoms in total. The average molecular weight is 249 g/mol. The van der Waals surface area contributed by atoms with Gasteiger partial charge in [0.05, 0.1) is 5.56 Å². The Morgan fingerprint density at radius 2 is 2.00 bits per heavy atom. The predicted molar refractivity (Wildman–Crippen MR) is 76.5 cm³/mol. The molecular weight excluding hydrogens is 226 g/mol. The Bertz CT molecular complexity index is 435. The minimum Gasteiger partial charge on any atom is -0.398 e. The number of nitrogens with one attached hydrogen (secondary N) is 1. The molecule has 0 aromatic heterocycles. The van der Waals surface area contributed by atoms with Crippen LogP contribution in [0.15, 0.2) is 18.2 Å². The van der Waals surface area contributed by atoms with Gasteiger partial charge < -0.3 is 16.8 Å². The van der Waals surface area contributed by atoms with Crippen molar-refractivity contribution in [2.45, 2.75) is 27.7 Å². The van der Waals surface area contributed by atoms with Gasteiger partial charge in [-0.15, -0.1) is 0 Å². The third kappa shape index (κ3) is 3.65. The van der Waals surface area contributed by atoms with Gasteiger partial charge in [0.2, 0.25) is 0 Å². The second kappa shape index (κ2) is 5.29. The van der Waals surface area contributed by atoms with E-state index in [1.54, 1.807) is 12.1 Å². The summed E-state index contributed by atoms with van der Waals surface area (Å²) < 4.78 is 0. The quantitative estimate of drug-likeness (QED) is 0.717. The van der Waals surface area contributed by atoms with E-state index >= 15 is 0 Å². The van der Waals surface area contributed by atoms with E-state index in [1.807, 2.05) is 6.07 Å². The van der Waals surface area contributed by atoms with Gasteiger partial charge in [-0.1, -0.05) is 27.7 Å². The third-order valence-corrected chi connectivity index (χ3v) is 3.41. The zero-order valence-electron chi connectivity index (χ0n) is 11.6. The summed E-state index contributed by atoms with van der Waals surface area (Å²) in [6.07, 6.45) is 0. The second-order valence-corrected chi connectivity index (χ2v) is 5.81. The van der Waals surface area contributed by atoms with E-state index in [0.717, 1.165) is 12.2 Å². The Balaban J connectivity index is 2.75. The number of carbonyl (C=O) groups is 1. The van der Waals surface area contributed by atoms with Crippen LogP contribution in [-0.2, 0) is 0 Å². The van der Waals surface area contributed by atoms with Crippen LogP contribution in [0.5, 0.6) is 0 Å². The second-order valence-electron chi connectivity index (χ2n) is 5.81. The van der Waals surface area contributed by atoms with Gasteiger partial charge in [-0.3, -0.25) is 4.79 Å². The number of nitrogen functional groups attached to an aromatic ring is 1. The van der Waals surface area contributed by atoms with Crippen LogP contribution < -0.4 is 16.8 Å². The lowest BCUT2D eigenvalue weighted by molar-refractivity contribution is 0.100. The largest absolute Gasteiger partial charge is 0.398 e. The topological polar surface area (TPSA) is 81.1 Å². The van der Waals surface area contributed by atoms with Gasteiger partial charge in [0.1, 0.15) is 0 Å². The van der Waals surface area contributed by atoms with E-state index in [1.165, 1.54) is 0 Å². The maximum absolute atomic E-state index is 11.2. The summed E-state index contributed by atoms with van der Waals surface area (Å²) in [7, 11) is 0.